The van der Waals surface area contributed by atoms with Crippen LogP contribution in [0.2, 0.25) is 0 Å². The molecule has 4 heteroatoms. The van der Waals surface area contributed by atoms with Crippen LogP contribution in [0.5, 0.6) is 0 Å². The van der Waals surface area contributed by atoms with Gasteiger partial charge in [0.15, 0.2) is 0 Å². The van der Waals surface area contributed by atoms with Crippen LogP contribution >= 0.6 is 0 Å². The van der Waals surface area contributed by atoms with E-state index in [-0.39, 0.29) is 6.71 Å². The molecule has 7 aromatic rings. The highest BCUT2D eigenvalue weighted by molar-refractivity contribution is 6.99. The monoisotopic (exact) mass is 644 g/mol. The molecule has 240 valence electrons. The van der Waals surface area contributed by atoms with Gasteiger partial charge < -0.3 is 14.2 Å². The number of para-hydroxylation sites is 3. The van der Waals surface area contributed by atoms with E-state index in [0.29, 0.717) is 5.92 Å². The van der Waals surface area contributed by atoms with Gasteiger partial charge in [0.1, 0.15) is 5.76 Å². The highest BCUT2D eigenvalue weighted by Gasteiger charge is 2.48. The van der Waals surface area contributed by atoms with E-state index in [1.165, 1.54) is 71.3 Å². The summed E-state index contributed by atoms with van der Waals surface area (Å²) >= 11 is 0. The number of furan rings is 1. The lowest BCUT2D eigenvalue weighted by Crippen LogP contribution is -2.61. The van der Waals surface area contributed by atoms with Crippen LogP contribution < -0.4 is 26.4 Å². The molecule has 0 radical (unpaired) electrons. The lowest BCUT2D eigenvalue weighted by Gasteiger charge is -2.43. The number of hydrogen-bond acceptors (Lipinski definition) is 3. The van der Waals surface area contributed by atoms with Gasteiger partial charge in [-0.05, 0) is 83.3 Å². The Balaban J connectivity index is 1.35. The molecule has 0 saturated heterocycles. The predicted octanol–water partition coefficient (Wildman–Crippen LogP) is 10.7. The molecule has 0 bridgehead atoms. The number of fused-ring (bicyclic) bond motifs is 4. The molecule has 6 aromatic carbocycles. The fraction of sp³-hybridized carbons (Fsp3) is 0.130. The fourth-order valence-corrected chi connectivity index (χ4v) is 8.82. The smallest absolute Gasteiger partial charge is 0.297 e. The Bertz CT molecular complexity index is 2310. The van der Waals surface area contributed by atoms with Gasteiger partial charge in [-0.2, -0.15) is 0 Å². The Kier molecular flexibility index (Phi) is 7.01. The molecule has 0 unspecified atom stereocenters. The Morgan fingerprint density at radius 3 is 1.72 bits per heavy atom. The summed E-state index contributed by atoms with van der Waals surface area (Å²) in [5, 5.41) is 0. The molecule has 0 atom stereocenters. The van der Waals surface area contributed by atoms with Crippen molar-refractivity contribution in [3.8, 4) is 22.5 Å². The summed E-state index contributed by atoms with van der Waals surface area (Å²) in [5.74, 6) is 1.45. The van der Waals surface area contributed by atoms with Gasteiger partial charge in [-0.25, -0.2) is 0 Å². The maximum Gasteiger partial charge on any atom is 0.297 e. The van der Waals surface area contributed by atoms with E-state index in [1.54, 1.807) is 0 Å². The van der Waals surface area contributed by atoms with Crippen molar-refractivity contribution in [2.45, 2.75) is 38.0 Å². The minimum Gasteiger partial charge on any atom is -0.467 e. The molecule has 1 saturated carbocycles. The van der Waals surface area contributed by atoms with E-state index in [4.69, 9.17) is 4.42 Å². The lowest BCUT2D eigenvalue weighted by molar-refractivity contribution is 0.444. The Morgan fingerprint density at radius 2 is 1.06 bits per heavy atom. The molecule has 3 aliphatic rings. The topological polar surface area (TPSA) is 19.6 Å². The summed E-state index contributed by atoms with van der Waals surface area (Å²) < 4.78 is 7.36. The van der Waals surface area contributed by atoms with Crippen LogP contribution in [0.4, 0.5) is 34.1 Å². The van der Waals surface area contributed by atoms with Crippen molar-refractivity contribution in [2.24, 2.45) is 0 Å². The first kappa shape index (κ1) is 29.2. The van der Waals surface area contributed by atoms with E-state index in [9.17, 15) is 0 Å². The van der Waals surface area contributed by atoms with Crippen molar-refractivity contribution >= 4 is 57.4 Å². The summed E-state index contributed by atoms with van der Waals surface area (Å²) in [6.07, 6.45) is 6.38. The Hall–Kier alpha value is -5.74. The summed E-state index contributed by atoms with van der Waals surface area (Å²) in [4.78, 5) is 5.02. The van der Waals surface area contributed by atoms with Crippen LogP contribution in [-0.2, 0) is 0 Å². The average molecular weight is 645 g/mol. The average Bonchev–Trinajstić information content (AvgIpc) is 3.59. The first-order valence-electron chi connectivity index (χ1n) is 18.1. The van der Waals surface area contributed by atoms with Crippen molar-refractivity contribution in [2.75, 3.05) is 9.80 Å². The second-order valence-electron chi connectivity index (χ2n) is 13.9. The van der Waals surface area contributed by atoms with Gasteiger partial charge in [0.25, 0.3) is 6.71 Å². The zero-order valence-electron chi connectivity index (χ0n) is 28.0. The summed E-state index contributed by atoms with van der Waals surface area (Å²) in [6, 6.07) is 57.3. The molecule has 1 fully saturated rings. The number of nitrogens with zero attached hydrogens (tertiary/aromatic N) is 2. The standard InChI is InChI=1S/C46H37BN2O/c1-6-18-32(19-7-1)35-30-40-43-41(31-35)49(37-26-14-5-15-27-37)44-42(33-20-8-2-9-21-33)45(34-22-10-3-11-23-34)50-46(44)47(43)38-28-16-17-29-39(38)48(40)36-24-12-4-13-25-36/h2-5,8-17,20-32H,1,6-7,18-19H2. The molecule has 2 aliphatic heterocycles. The van der Waals surface area contributed by atoms with Gasteiger partial charge in [-0.1, -0.05) is 135 Å². The van der Waals surface area contributed by atoms with Crippen molar-refractivity contribution in [1.82, 2.24) is 0 Å². The molecule has 0 N–H and O–H groups in total. The van der Waals surface area contributed by atoms with Crippen LogP contribution in [0.25, 0.3) is 22.5 Å². The van der Waals surface area contributed by atoms with Crippen molar-refractivity contribution in [3.63, 3.8) is 0 Å². The molecule has 0 spiro atoms. The van der Waals surface area contributed by atoms with Gasteiger partial charge in [0.2, 0.25) is 0 Å². The van der Waals surface area contributed by atoms with Crippen LogP contribution in [0.1, 0.15) is 43.6 Å². The largest absolute Gasteiger partial charge is 0.467 e. The van der Waals surface area contributed by atoms with Gasteiger partial charge in [-0.3, -0.25) is 0 Å². The van der Waals surface area contributed by atoms with Gasteiger partial charge in [0, 0.05) is 34.0 Å². The predicted molar refractivity (Wildman–Crippen MR) is 209 cm³/mol. The van der Waals surface area contributed by atoms with E-state index < -0.39 is 0 Å². The highest BCUT2D eigenvalue weighted by atomic mass is 16.3. The molecule has 3 heterocycles. The van der Waals surface area contributed by atoms with Crippen molar-refractivity contribution in [1.29, 1.82) is 0 Å². The third-order valence-corrected chi connectivity index (χ3v) is 11.0. The third-order valence-electron chi connectivity index (χ3n) is 11.0. The number of benzene rings is 6. The maximum atomic E-state index is 7.36. The number of anilines is 6. The second kappa shape index (κ2) is 12.0. The van der Waals surface area contributed by atoms with Crippen LogP contribution in [0.15, 0.2) is 162 Å². The van der Waals surface area contributed by atoms with E-state index in [2.05, 4.69) is 168 Å². The second-order valence-corrected chi connectivity index (χ2v) is 13.9. The van der Waals surface area contributed by atoms with E-state index in [0.717, 1.165) is 39.5 Å². The SMILES string of the molecule is c1ccc(-c2oc3c(c2-c2ccccc2)N(c2ccccc2)c2cc(C4CCCCC4)cc4c2B3c2ccccc2N4c2ccccc2)cc1. The molecule has 0 amide bonds. The molecular formula is C46H37BN2O. The Morgan fingerprint density at radius 1 is 0.520 bits per heavy atom. The summed E-state index contributed by atoms with van der Waals surface area (Å²) in [6.45, 7) is -0.0774. The van der Waals surface area contributed by atoms with Gasteiger partial charge in [-0.15, -0.1) is 0 Å². The van der Waals surface area contributed by atoms with Gasteiger partial charge in [0.05, 0.1) is 16.9 Å². The molecule has 1 aliphatic carbocycles. The molecule has 10 rings (SSSR count). The number of hydrogen-bond donors (Lipinski definition) is 0. The van der Waals surface area contributed by atoms with Crippen LogP contribution in [0.3, 0.4) is 0 Å². The molecule has 1 aromatic heterocycles. The zero-order valence-corrected chi connectivity index (χ0v) is 28.0. The van der Waals surface area contributed by atoms with Crippen molar-refractivity contribution < 1.29 is 4.42 Å². The lowest BCUT2D eigenvalue weighted by atomic mass is 9.35. The normalized spacial score (nSPS) is 15.0. The third kappa shape index (κ3) is 4.59. The summed E-state index contributed by atoms with van der Waals surface area (Å²) in [5.41, 5.74) is 15.5. The molecule has 3 nitrogen and oxygen atoms in total. The molecular weight excluding hydrogens is 607 g/mol. The van der Waals surface area contributed by atoms with E-state index in [1.807, 2.05) is 0 Å². The highest BCUT2D eigenvalue weighted by Crippen LogP contribution is 2.51. The number of rotatable bonds is 5. The fourth-order valence-electron chi connectivity index (χ4n) is 8.82. The maximum absolute atomic E-state index is 7.36. The first-order valence-corrected chi connectivity index (χ1v) is 18.1. The Labute approximate surface area is 294 Å². The first-order chi connectivity index (χ1) is 24.8. The van der Waals surface area contributed by atoms with Crippen LogP contribution in [-0.4, -0.2) is 6.71 Å². The van der Waals surface area contributed by atoms with E-state index >= 15 is 0 Å². The van der Waals surface area contributed by atoms with Crippen molar-refractivity contribution in [3.05, 3.63) is 163 Å². The van der Waals surface area contributed by atoms with Gasteiger partial charge >= 0.3 is 0 Å². The zero-order chi connectivity index (χ0) is 33.0. The minimum atomic E-state index is -0.0774. The minimum absolute atomic E-state index is 0.0774. The summed E-state index contributed by atoms with van der Waals surface area (Å²) in [7, 11) is 0. The van der Waals surface area contributed by atoms with Crippen LogP contribution in [0, 0.1) is 0 Å². The quantitative estimate of drug-likeness (QED) is 0.174. The molecule has 50 heavy (non-hydrogen) atoms.